The van der Waals surface area contributed by atoms with Gasteiger partial charge in [-0.1, -0.05) is 23.7 Å². The minimum atomic E-state index is -0.281. The quantitative estimate of drug-likeness (QED) is 0.870. The zero-order valence-electron chi connectivity index (χ0n) is 12.2. The van der Waals surface area contributed by atoms with Gasteiger partial charge in [0, 0.05) is 11.6 Å². The summed E-state index contributed by atoms with van der Waals surface area (Å²) in [5, 5.41) is 0.641. The molecule has 2 nitrogen and oxygen atoms in total. The molecule has 5 heteroatoms. The van der Waals surface area contributed by atoms with E-state index in [-0.39, 0.29) is 24.3 Å². The topological polar surface area (TPSA) is 35.2 Å². The van der Waals surface area contributed by atoms with E-state index in [1.54, 1.807) is 12.1 Å². The van der Waals surface area contributed by atoms with Gasteiger partial charge in [0.05, 0.1) is 5.56 Å². The maximum Gasteiger partial charge on any atom is 0.134 e. The molecule has 0 saturated carbocycles. The molecule has 2 aromatic carbocycles. The first kappa shape index (κ1) is 17.1. The lowest BCUT2D eigenvalue weighted by Gasteiger charge is -2.27. The second kappa shape index (κ2) is 6.86. The third-order valence-corrected chi connectivity index (χ3v) is 4.16. The highest BCUT2D eigenvalue weighted by atomic mass is 35.5. The largest absolute Gasteiger partial charge is 0.488 e. The Morgan fingerprint density at radius 1 is 1.32 bits per heavy atom. The van der Waals surface area contributed by atoms with Crippen LogP contribution in [0.4, 0.5) is 4.39 Å². The number of hydrogen-bond acceptors (Lipinski definition) is 2. The molecule has 1 aliphatic heterocycles. The van der Waals surface area contributed by atoms with Gasteiger partial charge in [-0.25, -0.2) is 4.39 Å². The van der Waals surface area contributed by atoms with Crippen molar-refractivity contribution in [2.45, 2.75) is 25.9 Å². The van der Waals surface area contributed by atoms with Crippen LogP contribution < -0.4 is 10.5 Å². The van der Waals surface area contributed by atoms with E-state index in [9.17, 15) is 4.39 Å². The Balaban J connectivity index is 0.00000176. The summed E-state index contributed by atoms with van der Waals surface area (Å²) >= 11 is 5.99. The van der Waals surface area contributed by atoms with Gasteiger partial charge in [-0.2, -0.15) is 0 Å². The molecular weight excluding hydrogens is 324 g/mol. The fraction of sp³-hybridized carbons (Fsp3) is 0.294. The molecule has 1 heterocycles. The van der Waals surface area contributed by atoms with Gasteiger partial charge < -0.3 is 10.5 Å². The van der Waals surface area contributed by atoms with Crippen molar-refractivity contribution in [1.82, 2.24) is 0 Å². The maximum atomic E-state index is 14.4. The van der Waals surface area contributed by atoms with Gasteiger partial charge in [-0.05, 0) is 54.7 Å². The number of ether oxygens (including phenoxy) is 1. The molecule has 0 radical (unpaired) electrons. The number of rotatable bonds is 2. The van der Waals surface area contributed by atoms with Gasteiger partial charge in [0.2, 0.25) is 0 Å². The molecule has 0 saturated heterocycles. The molecule has 2 N–H and O–H groups in total. The first-order valence-electron chi connectivity index (χ1n) is 7.04. The lowest BCUT2D eigenvalue weighted by molar-refractivity contribution is 0.181. The monoisotopic (exact) mass is 341 g/mol. The SMILES string of the molecule is Cc1cc(Cl)ccc1-c1c(F)ccc2c1O[C@@H](CN)CC2.Cl. The highest BCUT2D eigenvalue weighted by molar-refractivity contribution is 6.30. The highest BCUT2D eigenvalue weighted by Crippen LogP contribution is 2.41. The third kappa shape index (κ3) is 3.07. The van der Waals surface area contributed by atoms with E-state index >= 15 is 0 Å². The molecular formula is C17H18Cl2FNO. The van der Waals surface area contributed by atoms with Crippen LogP contribution in [0.3, 0.4) is 0 Å². The van der Waals surface area contributed by atoms with Gasteiger partial charge in [-0.15, -0.1) is 12.4 Å². The molecule has 3 rings (SSSR count). The molecule has 0 unspecified atom stereocenters. The minimum Gasteiger partial charge on any atom is -0.488 e. The highest BCUT2D eigenvalue weighted by Gasteiger charge is 2.25. The van der Waals surface area contributed by atoms with E-state index in [4.69, 9.17) is 22.1 Å². The zero-order chi connectivity index (χ0) is 15.0. The first-order chi connectivity index (χ1) is 10.1. The van der Waals surface area contributed by atoms with Gasteiger partial charge in [0.25, 0.3) is 0 Å². The van der Waals surface area contributed by atoms with Crippen LogP contribution in [0, 0.1) is 12.7 Å². The molecule has 1 atom stereocenters. The third-order valence-electron chi connectivity index (χ3n) is 3.93. The molecule has 0 fully saturated rings. The smallest absolute Gasteiger partial charge is 0.134 e. The van der Waals surface area contributed by atoms with Crippen molar-refractivity contribution in [2.75, 3.05) is 6.54 Å². The molecule has 1 aliphatic rings. The number of nitrogens with two attached hydrogens (primary N) is 1. The molecule has 0 aromatic heterocycles. The molecule has 0 aliphatic carbocycles. The molecule has 0 amide bonds. The van der Waals surface area contributed by atoms with Crippen LogP contribution in [-0.2, 0) is 6.42 Å². The lowest BCUT2D eigenvalue weighted by atomic mass is 9.93. The zero-order valence-corrected chi connectivity index (χ0v) is 13.8. The van der Waals surface area contributed by atoms with Crippen LogP contribution in [0.5, 0.6) is 5.75 Å². The Morgan fingerprint density at radius 3 is 2.77 bits per heavy atom. The van der Waals surface area contributed by atoms with Crippen molar-refractivity contribution in [1.29, 1.82) is 0 Å². The van der Waals surface area contributed by atoms with E-state index in [1.165, 1.54) is 6.07 Å². The summed E-state index contributed by atoms with van der Waals surface area (Å²) in [6.45, 7) is 2.36. The van der Waals surface area contributed by atoms with Gasteiger partial charge >= 0.3 is 0 Å². The van der Waals surface area contributed by atoms with Crippen LogP contribution in [0.15, 0.2) is 30.3 Å². The predicted molar refractivity (Wildman–Crippen MR) is 90.6 cm³/mol. The Labute approximate surface area is 140 Å². The Bertz CT molecular complexity index is 691. The van der Waals surface area contributed by atoms with E-state index in [0.717, 1.165) is 29.5 Å². The summed E-state index contributed by atoms with van der Waals surface area (Å²) in [5.41, 5.74) is 8.98. The van der Waals surface area contributed by atoms with Crippen molar-refractivity contribution < 1.29 is 9.13 Å². The van der Waals surface area contributed by atoms with Crippen LogP contribution >= 0.6 is 24.0 Å². The number of hydrogen-bond donors (Lipinski definition) is 1. The fourth-order valence-electron chi connectivity index (χ4n) is 2.80. The molecule has 0 bridgehead atoms. The molecule has 2 aromatic rings. The summed E-state index contributed by atoms with van der Waals surface area (Å²) in [6, 6.07) is 8.75. The normalized spacial score (nSPS) is 16.5. The summed E-state index contributed by atoms with van der Waals surface area (Å²) in [5.74, 6) is 0.346. The van der Waals surface area contributed by atoms with Crippen molar-refractivity contribution in [3.8, 4) is 16.9 Å². The Hall–Kier alpha value is -1.29. The number of fused-ring (bicyclic) bond motifs is 1. The number of aryl methyl sites for hydroxylation is 2. The standard InChI is InChI=1S/C17H17ClFNO.ClH/c1-10-8-12(18)4-6-14(10)16-15(19)7-3-11-2-5-13(9-20)21-17(11)16;/h3-4,6-8,13H,2,5,9,20H2,1H3;1H/t13-;/m1./s1. The predicted octanol–water partition coefficient (Wildman–Crippen LogP) is 4.53. The minimum absolute atomic E-state index is 0. The van der Waals surface area contributed by atoms with Crippen LogP contribution in [-0.4, -0.2) is 12.6 Å². The van der Waals surface area contributed by atoms with Crippen molar-refractivity contribution in [3.05, 3.63) is 52.3 Å². The number of halogens is 3. The van der Waals surface area contributed by atoms with Crippen LogP contribution in [0.2, 0.25) is 5.02 Å². The van der Waals surface area contributed by atoms with E-state index in [1.807, 2.05) is 19.1 Å². The molecule has 118 valence electrons. The van der Waals surface area contributed by atoms with Gasteiger partial charge in [0.15, 0.2) is 0 Å². The van der Waals surface area contributed by atoms with Crippen molar-refractivity contribution in [3.63, 3.8) is 0 Å². The Kier molecular flexibility index (Phi) is 5.32. The maximum absolute atomic E-state index is 14.4. The summed E-state index contributed by atoms with van der Waals surface area (Å²) in [6.07, 6.45) is 1.68. The van der Waals surface area contributed by atoms with Crippen molar-refractivity contribution in [2.24, 2.45) is 5.73 Å². The average molecular weight is 342 g/mol. The summed E-state index contributed by atoms with van der Waals surface area (Å²) < 4.78 is 20.4. The number of benzene rings is 2. The second-order valence-corrected chi connectivity index (χ2v) is 5.82. The van der Waals surface area contributed by atoms with E-state index in [2.05, 4.69) is 0 Å². The van der Waals surface area contributed by atoms with E-state index in [0.29, 0.717) is 22.9 Å². The van der Waals surface area contributed by atoms with Crippen LogP contribution in [0.25, 0.3) is 11.1 Å². The van der Waals surface area contributed by atoms with Gasteiger partial charge in [-0.3, -0.25) is 0 Å². The molecule has 22 heavy (non-hydrogen) atoms. The van der Waals surface area contributed by atoms with Crippen molar-refractivity contribution >= 4 is 24.0 Å². The molecule has 0 spiro atoms. The average Bonchev–Trinajstić information content (AvgIpc) is 2.48. The lowest BCUT2D eigenvalue weighted by Crippen LogP contribution is -2.30. The Morgan fingerprint density at radius 2 is 2.09 bits per heavy atom. The fourth-order valence-corrected chi connectivity index (χ4v) is 3.03. The van der Waals surface area contributed by atoms with Gasteiger partial charge in [0.1, 0.15) is 17.7 Å². The second-order valence-electron chi connectivity index (χ2n) is 5.38. The summed E-state index contributed by atoms with van der Waals surface area (Å²) in [4.78, 5) is 0. The first-order valence-corrected chi connectivity index (χ1v) is 7.42. The summed E-state index contributed by atoms with van der Waals surface area (Å²) in [7, 11) is 0. The van der Waals surface area contributed by atoms with E-state index < -0.39 is 0 Å². The van der Waals surface area contributed by atoms with Crippen LogP contribution in [0.1, 0.15) is 17.5 Å².